The second kappa shape index (κ2) is 7.75. The van der Waals surface area contributed by atoms with Gasteiger partial charge in [-0.05, 0) is 55.2 Å². The van der Waals surface area contributed by atoms with Gasteiger partial charge in [-0.25, -0.2) is 9.78 Å². The van der Waals surface area contributed by atoms with Crippen LogP contribution in [0, 0.1) is 13.8 Å². The topological polar surface area (TPSA) is 94.3 Å². The lowest BCUT2D eigenvalue weighted by Crippen LogP contribution is -2.15. The molecule has 1 aromatic heterocycles. The molecule has 0 spiro atoms. The first-order valence-corrected chi connectivity index (χ1v) is 9.49. The number of aryl methyl sites for hydroxylation is 2. The maximum atomic E-state index is 12.8. The fourth-order valence-corrected chi connectivity index (χ4v) is 3.84. The SMILES string of the molecule is CCCc1ccc(C)c(NC(=O)c2ccc3nc(OC(N)=O)sc3c2)c1C. The van der Waals surface area contributed by atoms with Crippen molar-refractivity contribution in [1.82, 2.24) is 4.98 Å². The van der Waals surface area contributed by atoms with Gasteiger partial charge in [0.15, 0.2) is 0 Å². The molecular weight excluding hydrogens is 362 g/mol. The highest BCUT2D eigenvalue weighted by Gasteiger charge is 2.14. The second-order valence-corrected chi connectivity index (χ2v) is 7.32. The quantitative estimate of drug-likeness (QED) is 0.674. The summed E-state index contributed by atoms with van der Waals surface area (Å²) >= 11 is 1.16. The summed E-state index contributed by atoms with van der Waals surface area (Å²) in [6.07, 6.45) is 1.12. The van der Waals surface area contributed by atoms with E-state index in [1.54, 1.807) is 18.2 Å². The molecule has 0 saturated carbocycles. The van der Waals surface area contributed by atoms with E-state index >= 15 is 0 Å². The first-order valence-electron chi connectivity index (χ1n) is 8.67. The molecule has 3 aromatic rings. The number of benzene rings is 2. The largest absolute Gasteiger partial charge is 0.411 e. The molecule has 0 atom stereocenters. The molecule has 27 heavy (non-hydrogen) atoms. The minimum atomic E-state index is -0.912. The molecule has 0 radical (unpaired) electrons. The fraction of sp³-hybridized carbons (Fsp3) is 0.250. The van der Waals surface area contributed by atoms with E-state index in [0.29, 0.717) is 11.1 Å². The van der Waals surface area contributed by atoms with E-state index < -0.39 is 6.09 Å². The van der Waals surface area contributed by atoms with Crippen LogP contribution in [0.2, 0.25) is 0 Å². The molecule has 6 nitrogen and oxygen atoms in total. The highest BCUT2D eigenvalue weighted by atomic mass is 32.1. The molecule has 2 aromatic carbocycles. The van der Waals surface area contributed by atoms with E-state index in [9.17, 15) is 9.59 Å². The van der Waals surface area contributed by atoms with Gasteiger partial charge in [0, 0.05) is 11.3 Å². The Hall–Kier alpha value is -2.93. The number of rotatable bonds is 5. The Bertz CT molecular complexity index is 1030. The standard InChI is InChI=1S/C20H21N3O3S/c1-4-5-13-7-6-11(2)17(12(13)3)23-18(24)14-8-9-15-16(10-14)27-20(22-15)26-19(21)25/h6-10H,4-5H2,1-3H3,(H2,21,25)(H,23,24). The Kier molecular flexibility index (Phi) is 5.41. The van der Waals surface area contributed by atoms with Crippen LogP contribution in [0.1, 0.15) is 40.4 Å². The smallest absolute Gasteiger partial charge is 0.381 e. The third kappa shape index (κ3) is 4.09. The molecule has 7 heteroatoms. The van der Waals surface area contributed by atoms with Gasteiger partial charge in [0.05, 0.1) is 10.2 Å². The van der Waals surface area contributed by atoms with Crippen LogP contribution in [0.4, 0.5) is 10.5 Å². The monoisotopic (exact) mass is 383 g/mol. The molecule has 3 rings (SSSR count). The van der Waals surface area contributed by atoms with Crippen molar-refractivity contribution in [2.75, 3.05) is 5.32 Å². The normalized spacial score (nSPS) is 10.8. The van der Waals surface area contributed by atoms with Crippen LogP contribution >= 0.6 is 11.3 Å². The van der Waals surface area contributed by atoms with Crippen LogP contribution < -0.4 is 15.8 Å². The molecular formula is C20H21N3O3S. The maximum Gasteiger partial charge on any atom is 0.411 e. The number of hydrogen-bond acceptors (Lipinski definition) is 5. The van der Waals surface area contributed by atoms with Gasteiger partial charge in [-0.15, -0.1) is 0 Å². The van der Waals surface area contributed by atoms with Gasteiger partial charge in [-0.3, -0.25) is 4.79 Å². The van der Waals surface area contributed by atoms with Crippen molar-refractivity contribution in [2.24, 2.45) is 5.73 Å². The van der Waals surface area contributed by atoms with Gasteiger partial charge >= 0.3 is 6.09 Å². The number of nitrogens with one attached hydrogen (secondary N) is 1. The molecule has 3 N–H and O–H groups in total. The van der Waals surface area contributed by atoms with Crippen LogP contribution in [-0.2, 0) is 6.42 Å². The van der Waals surface area contributed by atoms with Crippen LogP contribution in [-0.4, -0.2) is 17.0 Å². The first-order chi connectivity index (χ1) is 12.9. The molecule has 0 bridgehead atoms. The van der Waals surface area contributed by atoms with E-state index in [1.165, 1.54) is 5.56 Å². The molecule has 0 unspecified atom stereocenters. The number of nitrogens with two attached hydrogens (primary N) is 1. The molecule has 0 aliphatic heterocycles. The van der Waals surface area contributed by atoms with E-state index in [2.05, 4.69) is 23.3 Å². The predicted octanol–water partition coefficient (Wildman–Crippen LogP) is 4.58. The van der Waals surface area contributed by atoms with E-state index in [0.717, 1.165) is 45.7 Å². The number of nitrogens with zero attached hydrogens (tertiary/aromatic N) is 1. The number of ether oxygens (including phenoxy) is 1. The number of aromatic nitrogens is 1. The van der Waals surface area contributed by atoms with Crippen molar-refractivity contribution >= 4 is 39.2 Å². The summed E-state index contributed by atoms with van der Waals surface area (Å²) in [6.45, 7) is 6.16. The number of primary amides is 1. The van der Waals surface area contributed by atoms with E-state index in [4.69, 9.17) is 10.5 Å². The maximum absolute atomic E-state index is 12.8. The van der Waals surface area contributed by atoms with Gasteiger partial charge in [0.2, 0.25) is 0 Å². The zero-order valence-electron chi connectivity index (χ0n) is 15.5. The van der Waals surface area contributed by atoms with Crippen LogP contribution in [0.5, 0.6) is 5.19 Å². The molecule has 0 fully saturated rings. The van der Waals surface area contributed by atoms with Gasteiger partial charge in [0.1, 0.15) is 0 Å². The lowest BCUT2D eigenvalue weighted by Gasteiger charge is -2.15. The first kappa shape index (κ1) is 18.8. The molecule has 140 valence electrons. The fourth-order valence-electron chi connectivity index (χ4n) is 2.98. The van der Waals surface area contributed by atoms with E-state index in [1.807, 2.05) is 19.9 Å². The lowest BCUT2D eigenvalue weighted by molar-refractivity contribution is 0.102. The number of hydrogen-bond donors (Lipinski definition) is 2. The number of carbonyl (C=O) groups excluding carboxylic acids is 2. The number of carbonyl (C=O) groups is 2. The number of anilines is 1. The Labute approximate surface area is 161 Å². The number of thiazole rings is 1. The van der Waals surface area contributed by atoms with Gasteiger partial charge in [-0.2, -0.15) is 0 Å². The average Bonchev–Trinajstić information content (AvgIpc) is 3.01. The van der Waals surface area contributed by atoms with Crippen molar-refractivity contribution in [1.29, 1.82) is 0 Å². The second-order valence-electron chi connectivity index (χ2n) is 6.33. The van der Waals surface area contributed by atoms with Gasteiger partial charge < -0.3 is 15.8 Å². The summed E-state index contributed by atoms with van der Waals surface area (Å²) in [5.41, 5.74) is 10.4. The summed E-state index contributed by atoms with van der Waals surface area (Å²) in [4.78, 5) is 27.8. The Morgan fingerprint density at radius 1 is 1.22 bits per heavy atom. The summed E-state index contributed by atoms with van der Waals surface area (Å²) in [5, 5.41) is 3.20. The van der Waals surface area contributed by atoms with E-state index in [-0.39, 0.29) is 11.1 Å². The highest BCUT2D eigenvalue weighted by Crippen LogP contribution is 2.29. The average molecular weight is 383 g/mol. The number of amides is 2. The van der Waals surface area contributed by atoms with Crippen molar-refractivity contribution in [3.8, 4) is 5.19 Å². The molecule has 2 amide bonds. The van der Waals surface area contributed by atoms with Crippen LogP contribution in [0.3, 0.4) is 0 Å². The van der Waals surface area contributed by atoms with Gasteiger partial charge in [-0.1, -0.05) is 36.8 Å². The molecule has 0 saturated heterocycles. The molecule has 0 aliphatic rings. The van der Waals surface area contributed by atoms with Crippen LogP contribution in [0.15, 0.2) is 30.3 Å². The van der Waals surface area contributed by atoms with Crippen molar-refractivity contribution < 1.29 is 14.3 Å². The van der Waals surface area contributed by atoms with Crippen molar-refractivity contribution in [3.05, 3.63) is 52.6 Å². The van der Waals surface area contributed by atoms with Crippen molar-refractivity contribution in [2.45, 2.75) is 33.6 Å². The third-order valence-electron chi connectivity index (χ3n) is 4.36. The predicted molar refractivity (Wildman–Crippen MR) is 108 cm³/mol. The summed E-state index contributed by atoms with van der Waals surface area (Å²) < 4.78 is 5.55. The van der Waals surface area contributed by atoms with Gasteiger partial charge in [0.25, 0.3) is 11.1 Å². The number of fused-ring (bicyclic) bond motifs is 1. The summed E-state index contributed by atoms with van der Waals surface area (Å²) in [5.74, 6) is -0.192. The third-order valence-corrected chi connectivity index (χ3v) is 5.26. The summed E-state index contributed by atoms with van der Waals surface area (Å²) in [6, 6.07) is 9.31. The Balaban J connectivity index is 1.88. The Morgan fingerprint density at radius 3 is 2.70 bits per heavy atom. The zero-order chi connectivity index (χ0) is 19.6. The van der Waals surface area contributed by atoms with Crippen LogP contribution in [0.25, 0.3) is 10.2 Å². The molecule has 0 aliphatic carbocycles. The lowest BCUT2D eigenvalue weighted by atomic mass is 9.99. The minimum absolute atomic E-state index is 0.161. The highest BCUT2D eigenvalue weighted by molar-refractivity contribution is 7.20. The summed E-state index contributed by atoms with van der Waals surface area (Å²) in [7, 11) is 0. The zero-order valence-corrected chi connectivity index (χ0v) is 16.3. The minimum Gasteiger partial charge on any atom is -0.381 e. The van der Waals surface area contributed by atoms with Crippen molar-refractivity contribution in [3.63, 3.8) is 0 Å². The molecule has 1 heterocycles. The Morgan fingerprint density at radius 2 is 2.00 bits per heavy atom.